The third kappa shape index (κ3) is 2.42. The van der Waals surface area contributed by atoms with Crippen LogP contribution in [0, 0.1) is 5.92 Å². The predicted molar refractivity (Wildman–Crippen MR) is 42.7 cm³/mol. The summed E-state index contributed by atoms with van der Waals surface area (Å²) in [6.45, 7) is 5.30. The van der Waals surface area contributed by atoms with Crippen molar-refractivity contribution in [1.82, 2.24) is 0 Å². The van der Waals surface area contributed by atoms with Crippen LogP contribution in [-0.2, 0) is 4.74 Å². The molecule has 0 spiro atoms. The zero-order valence-corrected chi connectivity index (χ0v) is 6.89. The minimum atomic E-state index is 0.632. The highest BCUT2D eigenvalue weighted by Gasteiger charge is 2.05. The molecule has 0 bridgehead atoms. The molecule has 1 saturated heterocycles. The fourth-order valence-corrected chi connectivity index (χ4v) is 1.18. The van der Waals surface area contributed by atoms with Gasteiger partial charge in [0.1, 0.15) is 0 Å². The van der Waals surface area contributed by atoms with Crippen molar-refractivity contribution in [3.63, 3.8) is 0 Å². The van der Waals surface area contributed by atoms with Gasteiger partial charge in [0.15, 0.2) is 0 Å². The van der Waals surface area contributed by atoms with E-state index in [4.69, 9.17) is 4.74 Å². The molecule has 0 saturated carbocycles. The van der Waals surface area contributed by atoms with E-state index in [1.165, 1.54) is 18.6 Å². The van der Waals surface area contributed by atoms with Crippen LogP contribution in [0.4, 0.5) is 0 Å². The van der Waals surface area contributed by atoms with E-state index in [0.29, 0.717) is 5.92 Å². The lowest BCUT2D eigenvalue weighted by atomic mass is 10.1. The first-order valence-corrected chi connectivity index (χ1v) is 4.12. The summed E-state index contributed by atoms with van der Waals surface area (Å²) in [6.07, 6.45) is 5.91. The Bertz CT molecular complexity index is 117. The summed E-state index contributed by atoms with van der Waals surface area (Å²) in [5.74, 6) is 1.84. The molecule has 1 heterocycles. The van der Waals surface area contributed by atoms with E-state index in [0.717, 1.165) is 13.0 Å². The molecule has 0 aliphatic carbocycles. The standard InChI is InChI=1S/C9H16O/c1-8(2)7-9-5-3-4-6-10-9/h7-8H,3-6H2,1-2H3/b9-7-. The van der Waals surface area contributed by atoms with E-state index in [2.05, 4.69) is 19.9 Å². The molecule has 0 N–H and O–H groups in total. The molecular weight excluding hydrogens is 124 g/mol. The highest BCUT2D eigenvalue weighted by atomic mass is 16.5. The van der Waals surface area contributed by atoms with Crippen LogP contribution >= 0.6 is 0 Å². The Morgan fingerprint density at radius 1 is 1.40 bits per heavy atom. The molecule has 1 aliphatic rings. The normalized spacial score (nSPS) is 23.3. The lowest BCUT2D eigenvalue weighted by Crippen LogP contribution is -2.03. The van der Waals surface area contributed by atoms with Gasteiger partial charge >= 0.3 is 0 Å². The molecule has 10 heavy (non-hydrogen) atoms. The quantitative estimate of drug-likeness (QED) is 0.544. The third-order valence-electron chi connectivity index (χ3n) is 1.62. The van der Waals surface area contributed by atoms with Crippen LogP contribution in [0.15, 0.2) is 11.8 Å². The van der Waals surface area contributed by atoms with Gasteiger partial charge in [-0.15, -0.1) is 0 Å². The highest BCUT2D eigenvalue weighted by Crippen LogP contribution is 2.17. The lowest BCUT2D eigenvalue weighted by Gasteiger charge is -2.16. The number of hydrogen-bond donors (Lipinski definition) is 0. The summed E-state index contributed by atoms with van der Waals surface area (Å²) in [4.78, 5) is 0. The minimum absolute atomic E-state index is 0.632. The highest BCUT2D eigenvalue weighted by molar-refractivity contribution is 4.96. The van der Waals surface area contributed by atoms with E-state index in [1.807, 2.05) is 0 Å². The Kier molecular flexibility index (Phi) is 2.79. The van der Waals surface area contributed by atoms with Crippen LogP contribution in [0.25, 0.3) is 0 Å². The smallest absolute Gasteiger partial charge is 0.0922 e. The Morgan fingerprint density at radius 2 is 2.20 bits per heavy atom. The van der Waals surface area contributed by atoms with Gasteiger partial charge in [0.05, 0.1) is 12.4 Å². The first-order valence-electron chi connectivity index (χ1n) is 4.12. The monoisotopic (exact) mass is 140 g/mol. The second-order valence-corrected chi connectivity index (χ2v) is 3.18. The second-order valence-electron chi connectivity index (χ2n) is 3.18. The van der Waals surface area contributed by atoms with Crippen LogP contribution < -0.4 is 0 Å². The molecule has 0 unspecified atom stereocenters. The van der Waals surface area contributed by atoms with Gasteiger partial charge in [-0.05, 0) is 24.8 Å². The van der Waals surface area contributed by atoms with Gasteiger partial charge in [-0.2, -0.15) is 0 Å². The summed E-state index contributed by atoms with van der Waals surface area (Å²) >= 11 is 0. The third-order valence-corrected chi connectivity index (χ3v) is 1.62. The Morgan fingerprint density at radius 3 is 2.70 bits per heavy atom. The minimum Gasteiger partial charge on any atom is -0.498 e. The largest absolute Gasteiger partial charge is 0.498 e. The van der Waals surface area contributed by atoms with Gasteiger partial charge in [-0.25, -0.2) is 0 Å². The van der Waals surface area contributed by atoms with Crippen LogP contribution in [-0.4, -0.2) is 6.61 Å². The van der Waals surface area contributed by atoms with Gasteiger partial charge < -0.3 is 4.74 Å². The molecule has 0 atom stereocenters. The van der Waals surface area contributed by atoms with Gasteiger partial charge in [0, 0.05) is 6.42 Å². The summed E-state index contributed by atoms with van der Waals surface area (Å²) in [7, 11) is 0. The van der Waals surface area contributed by atoms with Gasteiger partial charge in [0.25, 0.3) is 0 Å². The molecule has 0 aromatic carbocycles. The molecule has 1 heteroatoms. The van der Waals surface area contributed by atoms with Crippen molar-refractivity contribution in [3.8, 4) is 0 Å². The number of rotatable bonds is 1. The van der Waals surface area contributed by atoms with Crippen LogP contribution in [0.3, 0.4) is 0 Å². The van der Waals surface area contributed by atoms with Crippen molar-refractivity contribution >= 4 is 0 Å². The molecular formula is C9H16O. The Balaban J connectivity index is 2.37. The van der Waals surface area contributed by atoms with E-state index in [-0.39, 0.29) is 0 Å². The van der Waals surface area contributed by atoms with Gasteiger partial charge in [0.2, 0.25) is 0 Å². The van der Waals surface area contributed by atoms with Crippen molar-refractivity contribution in [2.45, 2.75) is 33.1 Å². The van der Waals surface area contributed by atoms with Gasteiger partial charge in [-0.1, -0.05) is 13.8 Å². The first-order chi connectivity index (χ1) is 4.79. The van der Waals surface area contributed by atoms with Crippen LogP contribution in [0.2, 0.25) is 0 Å². The van der Waals surface area contributed by atoms with Crippen molar-refractivity contribution in [3.05, 3.63) is 11.8 Å². The summed E-state index contributed by atoms with van der Waals surface area (Å²) in [5, 5.41) is 0. The molecule has 0 amide bonds. The van der Waals surface area contributed by atoms with E-state index < -0.39 is 0 Å². The maximum absolute atomic E-state index is 5.45. The maximum atomic E-state index is 5.45. The summed E-state index contributed by atoms with van der Waals surface area (Å²) < 4.78 is 5.45. The number of ether oxygens (including phenoxy) is 1. The number of allylic oxidation sites excluding steroid dienone is 2. The number of hydrogen-bond acceptors (Lipinski definition) is 1. The zero-order chi connectivity index (χ0) is 7.40. The SMILES string of the molecule is CC(C)/C=C1/CCCCO1. The Labute approximate surface area is 63.1 Å². The second kappa shape index (κ2) is 3.65. The molecule has 0 aromatic rings. The molecule has 0 radical (unpaired) electrons. The Hall–Kier alpha value is -0.460. The summed E-state index contributed by atoms with van der Waals surface area (Å²) in [6, 6.07) is 0. The van der Waals surface area contributed by atoms with Crippen LogP contribution in [0.1, 0.15) is 33.1 Å². The average Bonchev–Trinajstić information content (AvgIpc) is 1.88. The van der Waals surface area contributed by atoms with Crippen molar-refractivity contribution in [2.75, 3.05) is 6.61 Å². The lowest BCUT2D eigenvalue weighted by molar-refractivity contribution is 0.164. The molecule has 1 rings (SSSR count). The molecule has 0 aromatic heterocycles. The molecule has 1 nitrogen and oxygen atoms in total. The first kappa shape index (κ1) is 7.64. The van der Waals surface area contributed by atoms with E-state index in [1.54, 1.807) is 0 Å². The van der Waals surface area contributed by atoms with Crippen molar-refractivity contribution in [1.29, 1.82) is 0 Å². The summed E-state index contributed by atoms with van der Waals surface area (Å²) in [5.41, 5.74) is 0. The molecule has 1 aliphatic heterocycles. The van der Waals surface area contributed by atoms with Gasteiger partial charge in [-0.3, -0.25) is 0 Å². The predicted octanol–water partition coefficient (Wildman–Crippen LogP) is 2.73. The van der Waals surface area contributed by atoms with E-state index >= 15 is 0 Å². The van der Waals surface area contributed by atoms with Crippen molar-refractivity contribution < 1.29 is 4.74 Å². The maximum Gasteiger partial charge on any atom is 0.0922 e. The molecule has 1 fully saturated rings. The zero-order valence-electron chi connectivity index (χ0n) is 6.89. The fourth-order valence-electron chi connectivity index (χ4n) is 1.18. The van der Waals surface area contributed by atoms with E-state index in [9.17, 15) is 0 Å². The molecule has 58 valence electrons. The average molecular weight is 140 g/mol. The topological polar surface area (TPSA) is 9.23 Å². The fraction of sp³-hybridized carbons (Fsp3) is 0.778. The van der Waals surface area contributed by atoms with Crippen molar-refractivity contribution in [2.24, 2.45) is 5.92 Å². The van der Waals surface area contributed by atoms with Crippen LogP contribution in [0.5, 0.6) is 0 Å².